The fourth-order valence-corrected chi connectivity index (χ4v) is 6.57. The van der Waals surface area contributed by atoms with Gasteiger partial charge in [0.2, 0.25) is 0 Å². The summed E-state index contributed by atoms with van der Waals surface area (Å²) < 4.78 is 5.05. The highest BCUT2D eigenvalue weighted by Crippen LogP contribution is 2.40. The van der Waals surface area contributed by atoms with E-state index < -0.39 is 10.7 Å². The van der Waals surface area contributed by atoms with E-state index in [4.69, 9.17) is 4.74 Å². The Kier molecular flexibility index (Phi) is 9.86. The number of aromatic nitrogens is 1. The summed E-state index contributed by atoms with van der Waals surface area (Å²) in [6.07, 6.45) is 8.61. The molecule has 0 atom stereocenters. The zero-order valence-corrected chi connectivity index (χ0v) is 22.7. The second kappa shape index (κ2) is 12.6. The molecule has 192 valence electrons. The number of rotatable bonds is 11. The van der Waals surface area contributed by atoms with Gasteiger partial charge in [-0.15, -0.1) is 0 Å². The third-order valence-electron chi connectivity index (χ3n) is 6.45. The Labute approximate surface area is 216 Å². The first-order valence-electron chi connectivity index (χ1n) is 12.3. The molecule has 2 amide bonds. The molecular weight excluding hydrogens is 482 g/mol. The smallest absolute Gasteiger partial charge is 0.323 e. The molecule has 9 heteroatoms. The number of carboxylic acid groups (broad SMARTS) is 1. The fourth-order valence-electron chi connectivity index (χ4n) is 4.14. The van der Waals surface area contributed by atoms with Crippen LogP contribution in [0.25, 0.3) is 0 Å². The molecule has 0 saturated heterocycles. The summed E-state index contributed by atoms with van der Waals surface area (Å²) in [4.78, 5) is 31.2. The molecule has 1 saturated carbocycles. The van der Waals surface area contributed by atoms with Crippen LogP contribution >= 0.6 is 23.1 Å². The van der Waals surface area contributed by atoms with Crippen LogP contribution in [0.4, 0.5) is 9.93 Å². The fraction of sp³-hybridized carbons (Fsp3) is 0.577. The number of nitrogens with zero attached hydrogens (tertiary/aromatic N) is 2. The summed E-state index contributed by atoms with van der Waals surface area (Å²) in [6, 6.07) is 8.09. The molecule has 35 heavy (non-hydrogen) atoms. The molecule has 2 aromatic rings. The first-order chi connectivity index (χ1) is 16.7. The van der Waals surface area contributed by atoms with Gasteiger partial charge in [-0.1, -0.05) is 42.2 Å². The molecule has 1 fully saturated rings. The van der Waals surface area contributed by atoms with E-state index in [2.05, 4.69) is 29.4 Å². The predicted molar refractivity (Wildman–Crippen MR) is 143 cm³/mol. The lowest BCUT2D eigenvalue weighted by Crippen LogP contribution is -2.48. The van der Waals surface area contributed by atoms with Crippen molar-refractivity contribution < 1.29 is 19.4 Å². The number of aliphatic carboxylic acids is 1. The van der Waals surface area contributed by atoms with Crippen molar-refractivity contribution in [1.29, 1.82) is 0 Å². The first-order valence-corrected chi connectivity index (χ1v) is 13.9. The number of carbonyl (C=O) groups is 2. The van der Waals surface area contributed by atoms with E-state index in [1.165, 1.54) is 28.7 Å². The number of hydrogen-bond donors (Lipinski definition) is 2. The molecule has 1 aromatic carbocycles. The number of urea groups is 1. The summed E-state index contributed by atoms with van der Waals surface area (Å²) >= 11 is 2.66. The molecule has 1 heterocycles. The zero-order chi connectivity index (χ0) is 25.4. The van der Waals surface area contributed by atoms with E-state index in [-0.39, 0.29) is 12.1 Å². The molecule has 1 aliphatic rings. The second-order valence-corrected chi connectivity index (χ2v) is 12.6. The number of methoxy groups -OCH3 is 1. The third-order valence-corrected chi connectivity index (χ3v) is 8.73. The molecule has 1 aromatic heterocycles. The van der Waals surface area contributed by atoms with Crippen LogP contribution in [-0.2, 0) is 11.2 Å². The molecule has 1 aliphatic carbocycles. The topological polar surface area (TPSA) is 91.8 Å². The van der Waals surface area contributed by atoms with E-state index in [1.54, 1.807) is 27.2 Å². The van der Waals surface area contributed by atoms with Crippen LogP contribution in [-0.4, -0.2) is 46.5 Å². The number of unbranched alkanes of at least 4 members (excludes halogenated alkanes) is 1. The van der Waals surface area contributed by atoms with Crippen LogP contribution in [0, 0.1) is 5.92 Å². The Morgan fingerprint density at radius 1 is 1.20 bits per heavy atom. The number of amides is 2. The summed E-state index contributed by atoms with van der Waals surface area (Å²) in [6.45, 7) is 6.22. The van der Waals surface area contributed by atoms with Crippen molar-refractivity contribution in [2.24, 2.45) is 5.92 Å². The molecule has 2 N–H and O–H groups in total. The van der Waals surface area contributed by atoms with Crippen LogP contribution in [0.2, 0.25) is 0 Å². The highest BCUT2D eigenvalue weighted by molar-refractivity contribution is 8.03. The number of nitrogens with one attached hydrogen (secondary N) is 1. The van der Waals surface area contributed by atoms with E-state index in [0.29, 0.717) is 17.6 Å². The van der Waals surface area contributed by atoms with Gasteiger partial charge in [0, 0.05) is 12.6 Å². The maximum absolute atomic E-state index is 13.3. The highest BCUT2D eigenvalue weighted by atomic mass is 32.2. The molecule has 0 bridgehead atoms. The minimum Gasteiger partial charge on any atom is -0.497 e. The van der Waals surface area contributed by atoms with Gasteiger partial charge in [0.1, 0.15) is 10.5 Å². The van der Waals surface area contributed by atoms with Gasteiger partial charge < -0.3 is 15.2 Å². The van der Waals surface area contributed by atoms with Gasteiger partial charge >= 0.3 is 12.0 Å². The predicted octanol–water partition coefficient (Wildman–Crippen LogP) is 6.22. The lowest BCUT2D eigenvalue weighted by atomic mass is 9.87. The molecule has 0 unspecified atom stereocenters. The van der Waals surface area contributed by atoms with Gasteiger partial charge in [-0.05, 0) is 82.4 Å². The Bertz CT molecular complexity index is 969. The van der Waals surface area contributed by atoms with Crippen LogP contribution in [0.5, 0.6) is 5.75 Å². The Morgan fingerprint density at radius 2 is 1.89 bits per heavy atom. The van der Waals surface area contributed by atoms with Crippen LogP contribution < -0.4 is 15.0 Å². The Morgan fingerprint density at radius 3 is 2.51 bits per heavy atom. The van der Waals surface area contributed by atoms with Crippen molar-refractivity contribution in [3.63, 3.8) is 0 Å². The van der Waals surface area contributed by atoms with E-state index in [0.717, 1.165) is 54.9 Å². The SMILES string of the molecule is COc1ccc(CCCCNC(=O)N(c2ncc(SC(C)(C)C(=O)O)s2)C2CCC(C)CC2)cc1. The quantitative estimate of drug-likeness (QED) is 0.270. The van der Waals surface area contributed by atoms with Gasteiger partial charge in [-0.3, -0.25) is 9.69 Å². The second-order valence-electron chi connectivity index (χ2n) is 9.70. The Balaban J connectivity index is 1.59. The maximum atomic E-state index is 13.3. The van der Waals surface area contributed by atoms with Gasteiger partial charge in [0.25, 0.3) is 0 Å². The minimum absolute atomic E-state index is 0.113. The number of carboxylic acids is 1. The van der Waals surface area contributed by atoms with Crippen molar-refractivity contribution in [2.45, 2.75) is 80.7 Å². The molecule has 3 rings (SSSR count). The highest BCUT2D eigenvalue weighted by Gasteiger charge is 2.33. The molecule has 0 radical (unpaired) electrons. The van der Waals surface area contributed by atoms with Gasteiger partial charge in [0.15, 0.2) is 5.13 Å². The van der Waals surface area contributed by atoms with Crippen LogP contribution in [0.15, 0.2) is 34.7 Å². The van der Waals surface area contributed by atoms with Gasteiger partial charge in [-0.2, -0.15) is 0 Å². The van der Waals surface area contributed by atoms with Gasteiger partial charge in [0.05, 0.1) is 17.5 Å². The average molecular weight is 520 g/mol. The van der Waals surface area contributed by atoms with Crippen LogP contribution in [0.3, 0.4) is 0 Å². The number of benzene rings is 1. The zero-order valence-electron chi connectivity index (χ0n) is 21.1. The molecular formula is C26H37N3O4S2. The number of thioether (sulfide) groups is 1. The number of ether oxygens (including phenoxy) is 1. The molecule has 0 spiro atoms. The molecule has 7 nitrogen and oxygen atoms in total. The Hall–Kier alpha value is -2.26. The number of hydrogen-bond acceptors (Lipinski definition) is 6. The van der Waals surface area contributed by atoms with Crippen molar-refractivity contribution in [1.82, 2.24) is 10.3 Å². The minimum atomic E-state index is -0.957. The van der Waals surface area contributed by atoms with Crippen LogP contribution in [0.1, 0.15) is 64.9 Å². The normalized spacial score (nSPS) is 18.2. The van der Waals surface area contributed by atoms with E-state index in [9.17, 15) is 14.7 Å². The summed E-state index contributed by atoms with van der Waals surface area (Å²) in [5.41, 5.74) is 1.26. The van der Waals surface area contributed by atoms with E-state index in [1.807, 2.05) is 17.0 Å². The molecule has 0 aliphatic heterocycles. The largest absolute Gasteiger partial charge is 0.497 e. The standard InChI is InChI=1S/C26H37N3O4S2/c1-18-8-12-20(13-9-18)29(25-28-17-22(34-25)35-26(2,3)23(30)31)24(32)27-16-6-5-7-19-10-14-21(33-4)15-11-19/h10-11,14-15,17-18,20H,5-9,12-13,16H2,1-4H3,(H,27,32)(H,30,31). The van der Waals surface area contributed by atoms with Crippen molar-refractivity contribution in [3.05, 3.63) is 36.0 Å². The summed E-state index contributed by atoms with van der Waals surface area (Å²) in [5, 5.41) is 13.2. The maximum Gasteiger partial charge on any atom is 0.323 e. The summed E-state index contributed by atoms with van der Waals surface area (Å²) in [7, 11) is 1.66. The van der Waals surface area contributed by atoms with Crippen molar-refractivity contribution in [2.75, 3.05) is 18.6 Å². The average Bonchev–Trinajstić information content (AvgIpc) is 3.27. The van der Waals surface area contributed by atoms with Crippen molar-refractivity contribution in [3.8, 4) is 5.75 Å². The lowest BCUT2D eigenvalue weighted by molar-refractivity contribution is -0.138. The number of anilines is 1. The lowest BCUT2D eigenvalue weighted by Gasteiger charge is -2.34. The number of aryl methyl sites for hydroxylation is 1. The third kappa shape index (κ3) is 7.87. The number of carbonyl (C=O) groups excluding carboxylic acids is 1. The summed E-state index contributed by atoms with van der Waals surface area (Å²) in [5.74, 6) is 0.657. The monoisotopic (exact) mass is 519 g/mol. The van der Waals surface area contributed by atoms with Crippen molar-refractivity contribution >= 4 is 40.2 Å². The van der Waals surface area contributed by atoms with E-state index >= 15 is 0 Å². The van der Waals surface area contributed by atoms with Gasteiger partial charge in [-0.25, -0.2) is 9.78 Å². The first kappa shape index (κ1) is 27.3. The number of thiazole rings is 1.